The van der Waals surface area contributed by atoms with Crippen LogP contribution in [0.5, 0.6) is 0 Å². The molecule has 0 saturated heterocycles. The zero-order valence-electron chi connectivity index (χ0n) is 10.4. The third kappa shape index (κ3) is 6.49. The Bertz CT molecular complexity index is 469. The van der Waals surface area contributed by atoms with E-state index in [0.29, 0.717) is 11.3 Å². The molecule has 0 aliphatic heterocycles. The van der Waals surface area contributed by atoms with Crippen LogP contribution in [0.4, 0.5) is 18.9 Å². The predicted octanol–water partition coefficient (Wildman–Crippen LogP) is 2.74. The van der Waals surface area contributed by atoms with Crippen molar-refractivity contribution >= 4 is 17.7 Å². The molecule has 0 aliphatic rings. The third-order valence-corrected chi connectivity index (χ3v) is 2.26. The van der Waals surface area contributed by atoms with E-state index in [1.54, 1.807) is 24.3 Å². The lowest BCUT2D eigenvalue weighted by molar-refractivity contribution is -0.140. The maximum Gasteiger partial charge on any atom is 0.391 e. The number of rotatable bonds is 4. The molecule has 1 aromatic carbocycles. The first-order valence-electron chi connectivity index (χ1n) is 5.67. The van der Waals surface area contributed by atoms with Crippen LogP contribution in [0.25, 0.3) is 6.08 Å². The van der Waals surface area contributed by atoms with E-state index in [4.69, 9.17) is 5.73 Å². The zero-order valence-corrected chi connectivity index (χ0v) is 10.4. The van der Waals surface area contributed by atoms with Gasteiger partial charge in [-0.25, -0.2) is 0 Å². The standard InChI is InChI=1S/C13H15F3N2O/c1-9(8-13(14,15)16)18-12(19)6-5-10-3-2-4-11(17)7-10/h2-7,9H,8,17H2,1H3,(H,18,19)/b6-5+. The average molecular weight is 272 g/mol. The second-order valence-electron chi connectivity index (χ2n) is 4.23. The van der Waals surface area contributed by atoms with Crippen molar-refractivity contribution in [1.82, 2.24) is 5.32 Å². The topological polar surface area (TPSA) is 55.1 Å². The molecule has 19 heavy (non-hydrogen) atoms. The van der Waals surface area contributed by atoms with Crippen molar-refractivity contribution in [2.45, 2.75) is 25.6 Å². The Morgan fingerprint density at radius 3 is 2.74 bits per heavy atom. The van der Waals surface area contributed by atoms with Gasteiger partial charge in [0, 0.05) is 17.8 Å². The first-order valence-corrected chi connectivity index (χ1v) is 5.67. The van der Waals surface area contributed by atoms with E-state index in [1.807, 2.05) is 0 Å². The van der Waals surface area contributed by atoms with Gasteiger partial charge in [-0.1, -0.05) is 12.1 Å². The highest BCUT2D eigenvalue weighted by Crippen LogP contribution is 2.21. The van der Waals surface area contributed by atoms with Gasteiger partial charge in [-0.2, -0.15) is 13.2 Å². The van der Waals surface area contributed by atoms with Crippen LogP contribution in [0.2, 0.25) is 0 Å². The van der Waals surface area contributed by atoms with Gasteiger partial charge < -0.3 is 11.1 Å². The number of anilines is 1. The van der Waals surface area contributed by atoms with Gasteiger partial charge in [0.25, 0.3) is 0 Å². The van der Waals surface area contributed by atoms with Gasteiger partial charge in [-0.3, -0.25) is 4.79 Å². The molecule has 0 fully saturated rings. The molecule has 6 heteroatoms. The quantitative estimate of drug-likeness (QED) is 0.654. The summed E-state index contributed by atoms with van der Waals surface area (Å²) in [5.41, 5.74) is 6.81. The minimum atomic E-state index is -4.29. The summed E-state index contributed by atoms with van der Waals surface area (Å²) in [6.07, 6.45) is -2.66. The first-order chi connectivity index (χ1) is 8.76. The Morgan fingerprint density at radius 2 is 2.16 bits per heavy atom. The molecule has 1 amide bonds. The Balaban J connectivity index is 2.51. The Morgan fingerprint density at radius 1 is 1.47 bits per heavy atom. The van der Waals surface area contributed by atoms with Crippen LogP contribution in [-0.2, 0) is 4.79 Å². The van der Waals surface area contributed by atoms with Gasteiger partial charge in [-0.05, 0) is 30.7 Å². The summed E-state index contributed by atoms with van der Waals surface area (Å²) >= 11 is 0. The third-order valence-electron chi connectivity index (χ3n) is 2.26. The van der Waals surface area contributed by atoms with Crippen molar-refractivity contribution in [3.63, 3.8) is 0 Å². The molecule has 3 N–H and O–H groups in total. The summed E-state index contributed by atoms with van der Waals surface area (Å²) in [5.74, 6) is -0.570. The van der Waals surface area contributed by atoms with Crippen molar-refractivity contribution in [2.75, 3.05) is 5.73 Å². The van der Waals surface area contributed by atoms with Gasteiger partial charge >= 0.3 is 6.18 Å². The van der Waals surface area contributed by atoms with Crippen LogP contribution in [0.15, 0.2) is 30.3 Å². The fourth-order valence-corrected chi connectivity index (χ4v) is 1.52. The van der Waals surface area contributed by atoms with Crippen LogP contribution in [0, 0.1) is 0 Å². The lowest BCUT2D eigenvalue weighted by Gasteiger charge is -2.14. The van der Waals surface area contributed by atoms with Gasteiger partial charge in [0.05, 0.1) is 6.42 Å². The number of amides is 1. The molecular weight excluding hydrogens is 257 g/mol. The molecule has 1 rings (SSSR count). The molecule has 0 heterocycles. The van der Waals surface area contributed by atoms with Gasteiger partial charge in [0.1, 0.15) is 0 Å². The SMILES string of the molecule is CC(CC(F)(F)F)NC(=O)/C=C/c1cccc(N)c1. The summed E-state index contributed by atoms with van der Waals surface area (Å²) in [4.78, 5) is 11.4. The highest BCUT2D eigenvalue weighted by atomic mass is 19.4. The normalized spacial score (nSPS) is 13.5. The summed E-state index contributed by atoms with van der Waals surface area (Å²) in [7, 11) is 0. The molecule has 0 bridgehead atoms. The fraction of sp³-hybridized carbons (Fsp3) is 0.308. The Hall–Kier alpha value is -1.98. The number of carbonyl (C=O) groups is 1. The van der Waals surface area contributed by atoms with E-state index in [-0.39, 0.29) is 0 Å². The molecule has 104 valence electrons. The maximum atomic E-state index is 12.1. The molecule has 0 aromatic heterocycles. The number of carbonyl (C=O) groups excluding carboxylic acids is 1. The van der Waals surface area contributed by atoms with Gasteiger partial charge in [0.2, 0.25) is 5.91 Å². The zero-order chi connectivity index (χ0) is 14.5. The summed E-state index contributed by atoms with van der Waals surface area (Å²) in [5, 5.41) is 2.24. The van der Waals surface area contributed by atoms with Crippen LogP contribution in [0.3, 0.4) is 0 Å². The second-order valence-corrected chi connectivity index (χ2v) is 4.23. The van der Waals surface area contributed by atoms with Crippen molar-refractivity contribution in [1.29, 1.82) is 0 Å². The number of alkyl halides is 3. The number of nitrogens with two attached hydrogens (primary N) is 1. The minimum Gasteiger partial charge on any atom is -0.399 e. The monoisotopic (exact) mass is 272 g/mol. The molecule has 3 nitrogen and oxygen atoms in total. The number of nitrogens with one attached hydrogen (secondary N) is 1. The number of benzene rings is 1. The number of hydrogen-bond donors (Lipinski definition) is 2. The molecule has 1 unspecified atom stereocenters. The van der Waals surface area contributed by atoms with E-state index in [9.17, 15) is 18.0 Å². The number of nitrogen functional groups attached to an aromatic ring is 1. The van der Waals surface area contributed by atoms with Crippen LogP contribution in [-0.4, -0.2) is 18.1 Å². The highest BCUT2D eigenvalue weighted by molar-refractivity contribution is 5.92. The molecule has 0 aliphatic carbocycles. The van der Waals surface area contributed by atoms with Gasteiger partial charge in [-0.15, -0.1) is 0 Å². The van der Waals surface area contributed by atoms with Gasteiger partial charge in [0.15, 0.2) is 0 Å². The summed E-state index contributed by atoms with van der Waals surface area (Å²) < 4.78 is 36.2. The molecule has 1 atom stereocenters. The van der Waals surface area contributed by atoms with E-state index in [0.717, 1.165) is 0 Å². The lowest BCUT2D eigenvalue weighted by Crippen LogP contribution is -2.34. The number of halogens is 3. The van der Waals surface area contributed by atoms with Crippen LogP contribution >= 0.6 is 0 Å². The van der Waals surface area contributed by atoms with Crippen molar-refractivity contribution < 1.29 is 18.0 Å². The highest BCUT2D eigenvalue weighted by Gasteiger charge is 2.30. The largest absolute Gasteiger partial charge is 0.399 e. The van der Waals surface area contributed by atoms with E-state index in [1.165, 1.54) is 19.1 Å². The van der Waals surface area contributed by atoms with Crippen molar-refractivity contribution in [2.24, 2.45) is 0 Å². The van der Waals surface area contributed by atoms with Crippen molar-refractivity contribution in [3.8, 4) is 0 Å². The second kappa shape index (κ2) is 6.26. The number of hydrogen-bond acceptors (Lipinski definition) is 2. The average Bonchev–Trinajstić information content (AvgIpc) is 2.23. The predicted molar refractivity (Wildman–Crippen MR) is 68.2 cm³/mol. The van der Waals surface area contributed by atoms with Crippen LogP contribution < -0.4 is 11.1 Å². The molecule has 0 radical (unpaired) electrons. The Labute approximate surface area is 109 Å². The van der Waals surface area contributed by atoms with Crippen LogP contribution in [0.1, 0.15) is 18.9 Å². The lowest BCUT2D eigenvalue weighted by atomic mass is 10.2. The molecule has 0 saturated carbocycles. The Kier molecular flexibility index (Phi) is 4.97. The summed E-state index contributed by atoms with van der Waals surface area (Å²) in [6, 6.07) is 5.85. The van der Waals surface area contributed by atoms with E-state index >= 15 is 0 Å². The fourth-order valence-electron chi connectivity index (χ4n) is 1.52. The molecule has 1 aromatic rings. The smallest absolute Gasteiger partial charge is 0.391 e. The van der Waals surface area contributed by atoms with Crippen molar-refractivity contribution in [3.05, 3.63) is 35.9 Å². The maximum absolute atomic E-state index is 12.1. The molecule has 0 spiro atoms. The minimum absolute atomic E-state index is 0.549. The van der Waals surface area contributed by atoms with E-state index < -0.39 is 24.5 Å². The summed E-state index contributed by atoms with van der Waals surface area (Å²) in [6.45, 7) is 1.31. The van der Waals surface area contributed by atoms with E-state index in [2.05, 4.69) is 5.32 Å². The molecular formula is C13H15F3N2O. The first kappa shape index (κ1) is 15.1.